The topological polar surface area (TPSA) is 49.0 Å². The zero-order chi connectivity index (χ0) is 19.5. The van der Waals surface area contributed by atoms with Gasteiger partial charge in [0.15, 0.2) is 0 Å². The highest BCUT2D eigenvalue weighted by atomic mass is 19.1. The Morgan fingerprint density at radius 1 is 1.14 bits per heavy atom. The number of hydrogen-bond donors (Lipinski definition) is 1. The molecule has 28 heavy (non-hydrogen) atoms. The van der Waals surface area contributed by atoms with Gasteiger partial charge >= 0.3 is 0 Å². The Morgan fingerprint density at radius 2 is 1.86 bits per heavy atom. The number of benzene rings is 2. The molecule has 2 heterocycles. The van der Waals surface area contributed by atoms with Crippen LogP contribution in [-0.2, 0) is 6.42 Å². The normalized spacial score (nSPS) is 15.0. The van der Waals surface area contributed by atoms with Crippen molar-refractivity contribution in [3.63, 3.8) is 0 Å². The quantitative estimate of drug-likeness (QED) is 0.721. The molecule has 1 N–H and O–H groups in total. The number of imidazole rings is 1. The maximum absolute atomic E-state index is 13.9. The van der Waals surface area contributed by atoms with Crippen molar-refractivity contribution in [1.29, 1.82) is 0 Å². The fourth-order valence-corrected chi connectivity index (χ4v) is 3.85. The van der Waals surface area contributed by atoms with Crippen LogP contribution in [0.25, 0.3) is 11.1 Å². The van der Waals surface area contributed by atoms with E-state index in [9.17, 15) is 9.18 Å². The first-order valence-electron chi connectivity index (χ1n) is 9.75. The molecule has 1 aromatic heterocycles. The Balaban J connectivity index is 1.37. The van der Waals surface area contributed by atoms with Gasteiger partial charge in [-0.2, -0.15) is 0 Å². The lowest BCUT2D eigenvalue weighted by atomic mass is 9.93. The number of hydrogen-bond acceptors (Lipinski definition) is 2. The highest BCUT2D eigenvalue weighted by Crippen LogP contribution is 2.25. The number of piperidine rings is 1. The first kappa shape index (κ1) is 18.4. The van der Waals surface area contributed by atoms with Crippen LogP contribution in [0.2, 0.25) is 0 Å². The first-order chi connectivity index (χ1) is 13.6. The SMILES string of the molecule is Cc1cnc(CC2CCN(C(=O)c3ccc(-c4ccccc4F)cc3)CC2)[nH]1. The van der Waals surface area contributed by atoms with Crippen LogP contribution in [0, 0.1) is 18.7 Å². The van der Waals surface area contributed by atoms with Crippen LogP contribution in [0.4, 0.5) is 4.39 Å². The van der Waals surface area contributed by atoms with Crippen molar-refractivity contribution in [3.05, 3.63) is 77.6 Å². The van der Waals surface area contributed by atoms with E-state index in [0.717, 1.165) is 49.4 Å². The van der Waals surface area contributed by atoms with Crippen molar-refractivity contribution < 1.29 is 9.18 Å². The largest absolute Gasteiger partial charge is 0.346 e. The van der Waals surface area contributed by atoms with Crippen LogP contribution >= 0.6 is 0 Å². The number of aryl methyl sites for hydroxylation is 1. The van der Waals surface area contributed by atoms with Crippen LogP contribution in [0.15, 0.2) is 54.7 Å². The molecule has 0 aliphatic carbocycles. The summed E-state index contributed by atoms with van der Waals surface area (Å²) in [5.74, 6) is 1.38. The van der Waals surface area contributed by atoms with Crippen LogP contribution in [-0.4, -0.2) is 33.9 Å². The van der Waals surface area contributed by atoms with Crippen LogP contribution in [0.5, 0.6) is 0 Å². The molecule has 1 saturated heterocycles. The summed E-state index contributed by atoms with van der Waals surface area (Å²) in [6.07, 6.45) is 4.77. The standard InChI is InChI=1S/C23H24FN3O/c1-16-15-25-22(26-16)14-17-10-12-27(13-11-17)23(28)19-8-6-18(7-9-19)20-4-2-3-5-21(20)24/h2-9,15,17H,10-14H2,1H3,(H,25,26). The van der Waals surface area contributed by atoms with Crippen LogP contribution in [0.1, 0.15) is 34.7 Å². The zero-order valence-electron chi connectivity index (χ0n) is 16.0. The number of carbonyl (C=O) groups excluding carboxylic acids is 1. The van der Waals surface area contributed by atoms with E-state index in [2.05, 4.69) is 9.97 Å². The maximum atomic E-state index is 13.9. The van der Waals surface area contributed by atoms with Gasteiger partial charge < -0.3 is 9.88 Å². The van der Waals surface area contributed by atoms with Gasteiger partial charge in [0, 0.05) is 42.5 Å². The number of aromatic amines is 1. The highest BCUT2D eigenvalue weighted by molar-refractivity contribution is 5.94. The Bertz CT molecular complexity index is 956. The average molecular weight is 377 g/mol. The van der Waals surface area contributed by atoms with Gasteiger partial charge in [-0.25, -0.2) is 9.37 Å². The molecule has 0 spiro atoms. The van der Waals surface area contributed by atoms with E-state index in [1.54, 1.807) is 24.3 Å². The molecule has 3 aromatic rings. The molecule has 1 aliphatic rings. The average Bonchev–Trinajstić information content (AvgIpc) is 3.13. The molecule has 4 rings (SSSR count). The monoisotopic (exact) mass is 377 g/mol. The smallest absolute Gasteiger partial charge is 0.253 e. The molecule has 5 heteroatoms. The van der Waals surface area contributed by atoms with Gasteiger partial charge in [-0.15, -0.1) is 0 Å². The van der Waals surface area contributed by atoms with Gasteiger partial charge in [-0.3, -0.25) is 4.79 Å². The number of aromatic nitrogens is 2. The summed E-state index contributed by atoms with van der Waals surface area (Å²) in [5.41, 5.74) is 3.07. The summed E-state index contributed by atoms with van der Waals surface area (Å²) in [6.45, 7) is 3.53. The van der Waals surface area contributed by atoms with Crippen LogP contribution in [0.3, 0.4) is 0 Å². The summed E-state index contributed by atoms with van der Waals surface area (Å²) >= 11 is 0. The molecule has 1 fully saturated rings. The number of nitrogens with one attached hydrogen (secondary N) is 1. The fourth-order valence-electron chi connectivity index (χ4n) is 3.85. The fraction of sp³-hybridized carbons (Fsp3) is 0.304. The third-order valence-electron chi connectivity index (χ3n) is 5.46. The Labute approximate surface area is 164 Å². The molecular weight excluding hydrogens is 353 g/mol. The second kappa shape index (κ2) is 7.97. The molecule has 0 saturated carbocycles. The Kier molecular flexibility index (Phi) is 5.24. The second-order valence-electron chi connectivity index (χ2n) is 7.51. The maximum Gasteiger partial charge on any atom is 0.253 e. The zero-order valence-corrected chi connectivity index (χ0v) is 16.0. The van der Waals surface area contributed by atoms with Gasteiger partial charge in [0.25, 0.3) is 5.91 Å². The molecule has 1 amide bonds. The van der Waals surface area contributed by atoms with Gasteiger partial charge in [0.1, 0.15) is 11.6 Å². The Morgan fingerprint density at radius 3 is 2.50 bits per heavy atom. The summed E-state index contributed by atoms with van der Waals surface area (Å²) in [5, 5.41) is 0. The third-order valence-corrected chi connectivity index (χ3v) is 5.46. The number of carbonyl (C=O) groups is 1. The minimum Gasteiger partial charge on any atom is -0.346 e. The van der Waals surface area contributed by atoms with Crippen molar-refractivity contribution in [2.45, 2.75) is 26.2 Å². The number of rotatable bonds is 4. The van der Waals surface area contributed by atoms with E-state index in [0.29, 0.717) is 17.0 Å². The lowest BCUT2D eigenvalue weighted by Gasteiger charge is -2.31. The van der Waals surface area contributed by atoms with E-state index in [1.165, 1.54) is 6.07 Å². The summed E-state index contributed by atoms with van der Waals surface area (Å²) in [7, 11) is 0. The lowest BCUT2D eigenvalue weighted by Crippen LogP contribution is -2.39. The number of H-pyrrole nitrogens is 1. The molecule has 0 unspecified atom stereocenters. The molecule has 0 atom stereocenters. The predicted octanol–water partition coefficient (Wildman–Crippen LogP) is 4.62. The second-order valence-corrected chi connectivity index (χ2v) is 7.51. The van der Waals surface area contributed by atoms with E-state index in [4.69, 9.17) is 0 Å². The van der Waals surface area contributed by atoms with Gasteiger partial charge in [-0.1, -0.05) is 30.3 Å². The van der Waals surface area contributed by atoms with Crippen molar-refractivity contribution in [2.24, 2.45) is 5.92 Å². The van der Waals surface area contributed by atoms with Crippen molar-refractivity contribution in [1.82, 2.24) is 14.9 Å². The molecular formula is C23H24FN3O. The van der Waals surface area contributed by atoms with Crippen molar-refractivity contribution >= 4 is 5.91 Å². The van der Waals surface area contributed by atoms with E-state index in [-0.39, 0.29) is 11.7 Å². The van der Waals surface area contributed by atoms with Crippen LogP contribution < -0.4 is 0 Å². The van der Waals surface area contributed by atoms with Gasteiger partial charge in [-0.05, 0) is 49.4 Å². The number of amides is 1. The number of halogens is 1. The van der Waals surface area contributed by atoms with E-state index >= 15 is 0 Å². The summed E-state index contributed by atoms with van der Waals surface area (Å²) in [6, 6.07) is 13.9. The minimum atomic E-state index is -0.254. The van der Waals surface area contributed by atoms with E-state index in [1.807, 2.05) is 36.2 Å². The molecule has 1 aliphatic heterocycles. The summed E-state index contributed by atoms with van der Waals surface area (Å²) in [4.78, 5) is 22.4. The molecule has 4 nitrogen and oxygen atoms in total. The van der Waals surface area contributed by atoms with Crippen molar-refractivity contribution in [2.75, 3.05) is 13.1 Å². The first-order valence-corrected chi connectivity index (χ1v) is 9.75. The predicted molar refractivity (Wildman–Crippen MR) is 107 cm³/mol. The highest BCUT2D eigenvalue weighted by Gasteiger charge is 2.24. The lowest BCUT2D eigenvalue weighted by molar-refractivity contribution is 0.0690. The Hall–Kier alpha value is -2.95. The summed E-state index contributed by atoms with van der Waals surface area (Å²) < 4.78 is 13.9. The minimum absolute atomic E-state index is 0.0485. The third kappa shape index (κ3) is 3.98. The number of likely N-dealkylation sites (tertiary alicyclic amines) is 1. The molecule has 2 aromatic carbocycles. The van der Waals surface area contributed by atoms with Gasteiger partial charge in [0.05, 0.1) is 0 Å². The van der Waals surface area contributed by atoms with Crippen molar-refractivity contribution in [3.8, 4) is 11.1 Å². The molecule has 144 valence electrons. The van der Waals surface area contributed by atoms with E-state index < -0.39 is 0 Å². The molecule has 0 bridgehead atoms. The molecule has 0 radical (unpaired) electrons. The van der Waals surface area contributed by atoms with Gasteiger partial charge in [0.2, 0.25) is 0 Å². The number of nitrogens with zero attached hydrogens (tertiary/aromatic N) is 2.